The lowest BCUT2D eigenvalue weighted by Gasteiger charge is -2.34. The number of hydrogen-bond donors (Lipinski definition) is 2. The molecule has 1 aliphatic heterocycles. The van der Waals surface area contributed by atoms with Crippen molar-refractivity contribution in [3.63, 3.8) is 0 Å². The quantitative estimate of drug-likeness (QED) is 0.760. The van der Waals surface area contributed by atoms with Crippen LogP contribution in [0, 0.1) is 0 Å². The molecule has 1 aromatic heterocycles. The summed E-state index contributed by atoms with van der Waals surface area (Å²) in [6, 6.07) is 8.11. The van der Waals surface area contributed by atoms with Gasteiger partial charge in [-0.2, -0.15) is 0 Å². The Bertz CT molecular complexity index is 767. The highest BCUT2D eigenvalue weighted by molar-refractivity contribution is 7.12. The number of carbonyl (C=O) groups is 2. The molecule has 3 rings (SSSR count). The molecule has 25 heavy (non-hydrogen) atoms. The Labute approximate surface area is 159 Å². The molecule has 1 saturated heterocycles. The lowest BCUT2D eigenvalue weighted by Crippen LogP contribution is -2.52. The first-order valence-electron chi connectivity index (χ1n) is 7.91. The highest BCUT2D eigenvalue weighted by Crippen LogP contribution is 2.25. The van der Waals surface area contributed by atoms with Gasteiger partial charge < -0.3 is 4.90 Å². The summed E-state index contributed by atoms with van der Waals surface area (Å²) < 4.78 is 0. The van der Waals surface area contributed by atoms with Crippen LogP contribution in [0.3, 0.4) is 0 Å². The number of carbonyl (C=O) groups excluding carboxylic acids is 2. The predicted octanol–water partition coefficient (Wildman–Crippen LogP) is 4.19. The SMILES string of the molecule is O=C(NNc1ccc(Cl)c(Cl)c1)[C@@H]1CCCCN1C(=O)c1cccs1. The Morgan fingerprint density at radius 3 is 2.72 bits per heavy atom. The van der Waals surface area contributed by atoms with E-state index in [1.54, 1.807) is 29.2 Å². The van der Waals surface area contributed by atoms with Crippen LogP contribution in [0.5, 0.6) is 0 Å². The zero-order valence-corrected chi connectivity index (χ0v) is 15.6. The Morgan fingerprint density at radius 1 is 1.16 bits per heavy atom. The van der Waals surface area contributed by atoms with Crippen LogP contribution < -0.4 is 10.9 Å². The zero-order valence-electron chi connectivity index (χ0n) is 13.3. The van der Waals surface area contributed by atoms with Crippen LogP contribution in [0.25, 0.3) is 0 Å². The van der Waals surface area contributed by atoms with Gasteiger partial charge in [0, 0.05) is 6.54 Å². The molecule has 0 unspecified atom stereocenters. The number of hydrogen-bond acceptors (Lipinski definition) is 4. The van der Waals surface area contributed by atoms with Crippen molar-refractivity contribution in [2.45, 2.75) is 25.3 Å². The highest BCUT2D eigenvalue weighted by Gasteiger charge is 2.33. The van der Waals surface area contributed by atoms with E-state index in [1.807, 2.05) is 11.4 Å². The Kier molecular flexibility index (Phi) is 5.83. The average Bonchev–Trinajstić information content (AvgIpc) is 3.16. The lowest BCUT2D eigenvalue weighted by molar-refractivity contribution is -0.126. The molecule has 0 bridgehead atoms. The number of anilines is 1. The molecule has 1 fully saturated rings. The van der Waals surface area contributed by atoms with Gasteiger partial charge in [0.05, 0.1) is 20.6 Å². The molecule has 0 aliphatic carbocycles. The predicted molar refractivity (Wildman–Crippen MR) is 101 cm³/mol. The summed E-state index contributed by atoms with van der Waals surface area (Å²) in [4.78, 5) is 27.5. The normalized spacial score (nSPS) is 17.2. The third kappa shape index (κ3) is 4.26. The van der Waals surface area contributed by atoms with Gasteiger partial charge in [-0.15, -0.1) is 11.3 Å². The summed E-state index contributed by atoms with van der Waals surface area (Å²) in [5.74, 6) is -0.333. The number of thiophene rings is 1. The third-order valence-corrected chi connectivity index (χ3v) is 5.64. The molecule has 5 nitrogen and oxygen atoms in total. The number of benzene rings is 1. The summed E-state index contributed by atoms with van der Waals surface area (Å²) in [5, 5.41) is 2.70. The van der Waals surface area contributed by atoms with Gasteiger partial charge in [0.1, 0.15) is 6.04 Å². The van der Waals surface area contributed by atoms with Crippen molar-refractivity contribution in [2.75, 3.05) is 12.0 Å². The fourth-order valence-corrected chi connectivity index (χ4v) is 3.76. The number of nitrogens with one attached hydrogen (secondary N) is 2. The second-order valence-corrected chi connectivity index (χ2v) is 7.49. The monoisotopic (exact) mass is 397 g/mol. The number of amides is 2. The van der Waals surface area contributed by atoms with Crippen molar-refractivity contribution in [3.05, 3.63) is 50.6 Å². The number of piperidine rings is 1. The summed E-state index contributed by atoms with van der Waals surface area (Å²) >= 11 is 13.2. The fraction of sp³-hybridized carbons (Fsp3) is 0.294. The van der Waals surface area contributed by atoms with Gasteiger partial charge in [-0.1, -0.05) is 29.3 Å². The van der Waals surface area contributed by atoms with Crippen LogP contribution in [0.4, 0.5) is 5.69 Å². The molecule has 132 valence electrons. The van der Waals surface area contributed by atoms with E-state index in [-0.39, 0.29) is 11.8 Å². The number of halogens is 2. The van der Waals surface area contributed by atoms with Crippen LogP contribution in [0.1, 0.15) is 28.9 Å². The molecular formula is C17H17Cl2N3O2S. The van der Waals surface area contributed by atoms with E-state index < -0.39 is 6.04 Å². The lowest BCUT2D eigenvalue weighted by atomic mass is 10.0. The van der Waals surface area contributed by atoms with Crippen LogP contribution in [0.15, 0.2) is 35.7 Å². The number of hydrazine groups is 1. The Hall–Kier alpha value is -1.76. The Balaban J connectivity index is 1.66. The summed E-state index contributed by atoms with van der Waals surface area (Å²) in [6.45, 7) is 0.585. The summed E-state index contributed by atoms with van der Waals surface area (Å²) in [6.07, 6.45) is 2.46. The maximum atomic E-state index is 12.6. The minimum absolute atomic E-state index is 0.0932. The van der Waals surface area contributed by atoms with Gasteiger partial charge in [-0.3, -0.25) is 20.4 Å². The molecule has 0 spiro atoms. The summed E-state index contributed by atoms with van der Waals surface area (Å²) in [5.41, 5.74) is 6.11. The van der Waals surface area contributed by atoms with E-state index in [9.17, 15) is 9.59 Å². The molecule has 0 radical (unpaired) electrons. The minimum Gasteiger partial charge on any atom is -0.326 e. The van der Waals surface area contributed by atoms with Crippen molar-refractivity contribution in [3.8, 4) is 0 Å². The smallest absolute Gasteiger partial charge is 0.264 e. The van der Waals surface area contributed by atoms with E-state index in [1.165, 1.54) is 11.3 Å². The van der Waals surface area contributed by atoms with Crippen LogP contribution in [0.2, 0.25) is 10.0 Å². The fourth-order valence-electron chi connectivity index (χ4n) is 2.78. The molecule has 0 saturated carbocycles. The average molecular weight is 398 g/mol. The van der Waals surface area contributed by atoms with Crippen molar-refractivity contribution >= 4 is 52.0 Å². The third-order valence-electron chi connectivity index (χ3n) is 4.05. The molecular weight excluding hydrogens is 381 g/mol. The van der Waals surface area contributed by atoms with Crippen LogP contribution >= 0.6 is 34.5 Å². The maximum Gasteiger partial charge on any atom is 0.264 e. The Morgan fingerprint density at radius 2 is 2.00 bits per heavy atom. The van der Waals surface area contributed by atoms with Crippen molar-refractivity contribution in [1.82, 2.24) is 10.3 Å². The second kappa shape index (κ2) is 8.08. The largest absolute Gasteiger partial charge is 0.326 e. The highest BCUT2D eigenvalue weighted by atomic mass is 35.5. The van der Waals surface area contributed by atoms with Gasteiger partial charge >= 0.3 is 0 Å². The van der Waals surface area contributed by atoms with Gasteiger partial charge in [-0.25, -0.2) is 0 Å². The number of rotatable bonds is 4. The van der Waals surface area contributed by atoms with Crippen LogP contribution in [-0.2, 0) is 4.79 Å². The maximum absolute atomic E-state index is 12.6. The topological polar surface area (TPSA) is 61.4 Å². The van der Waals surface area contributed by atoms with Gasteiger partial charge in [0.15, 0.2) is 0 Å². The van der Waals surface area contributed by atoms with E-state index in [0.717, 1.165) is 12.8 Å². The van der Waals surface area contributed by atoms with Gasteiger partial charge in [0.25, 0.3) is 11.8 Å². The number of likely N-dealkylation sites (tertiary alicyclic amines) is 1. The standard InChI is InChI=1S/C17H17Cl2N3O2S/c18-12-7-6-11(10-13(12)19)20-21-16(23)14-4-1-2-8-22(14)17(24)15-5-3-9-25-15/h3,5-7,9-10,14,20H,1-2,4,8H2,(H,21,23)/t14-/m0/s1. The molecule has 8 heteroatoms. The summed E-state index contributed by atoms with van der Waals surface area (Å²) in [7, 11) is 0. The van der Waals surface area contributed by atoms with Gasteiger partial charge in [-0.05, 0) is 48.9 Å². The van der Waals surface area contributed by atoms with Gasteiger partial charge in [0.2, 0.25) is 0 Å². The zero-order chi connectivity index (χ0) is 17.8. The first kappa shape index (κ1) is 18.0. The van der Waals surface area contributed by atoms with Crippen molar-refractivity contribution < 1.29 is 9.59 Å². The molecule has 2 N–H and O–H groups in total. The minimum atomic E-state index is -0.487. The van der Waals surface area contributed by atoms with E-state index in [2.05, 4.69) is 10.9 Å². The first-order chi connectivity index (χ1) is 12.1. The van der Waals surface area contributed by atoms with E-state index in [0.29, 0.717) is 33.6 Å². The first-order valence-corrected chi connectivity index (χ1v) is 9.55. The van der Waals surface area contributed by atoms with E-state index in [4.69, 9.17) is 23.2 Å². The van der Waals surface area contributed by atoms with Crippen LogP contribution in [-0.4, -0.2) is 29.3 Å². The van der Waals surface area contributed by atoms with E-state index >= 15 is 0 Å². The molecule has 2 amide bonds. The molecule has 1 atom stereocenters. The second-order valence-electron chi connectivity index (χ2n) is 5.73. The van der Waals surface area contributed by atoms with Crippen molar-refractivity contribution in [2.24, 2.45) is 0 Å². The molecule has 1 aliphatic rings. The number of nitrogens with zero attached hydrogens (tertiary/aromatic N) is 1. The van der Waals surface area contributed by atoms with Crippen molar-refractivity contribution in [1.29, 1.82) is 0 Å². The molecule has 2 aromatic rings. The molecule has 1 aromatic carbocycles. The molecule has 2 heterocycles.